The van der Waals surface area contributed by atoms with Crippen molar-refractivity contribution in [2.75, 3.05) is 17.8 Å². The fraction of sp³-hybridized carbons (Fsp3) is 0.172. The van der Waals surface area contributed by atoms with Gasteiger partial charge in [-0.15, -0.1) is 10.2 Å². The number of ether oxygens (including phenoxy) is 1. The van der Waals surface area contributed by atoms with Gasteiger partial charge >= 0.3 is 0 Å². The summed E-state index contributed by atoms with van der Waals surface area (Å²) >= 11 is 1.39. The Labute approximate surface area is 231 Å². The number of hydrogen-bond donors (Lipinski definition) is 0. The van der Waals surface area contributed by atoms with Crippen molar-refractivity contribution in [2.24, 2.45) is 15.2 Å². The molecule has 1 aliphatic heterocycles. The summed E-state index contributed by atoms with van der Waals surface area (Å²) in [5.74, 6) is 2.29. The van der Waals surface area contributed by atoms with Crippen LogP contribution in [0.15, 0.2) is 88.0 Å². The molecule has 4 aromatic rings. The summed E-state index contributed by atoms with van der Waals surface area (Å²) < 4.78 is 6.87. The number of aliphatic imine (C=N–C) groups is 1. The zero-order valence-corrected chi connectivity index (χ0v) is 22.7. The monoisotopic (exact) mass is 537 g/mol. The highest BCUT2D eigenvalue weighted by Crippen LogP contribution is 2.33. The van der Waals surface area contributed by atoms with Crippen LogP contribution in [0.3, 0.4) is 0 Å². The Balaban J connectivity index is 1.34. The normalized spacial score (nSPS) is 14.6. The second-order valence-corrected chi connectivity index (χ2v) is 9.93. The van der Waals surface area contributed by atoms with E-state index in [1.54, 1.807) is 22.9 Å². The Morgan fingerprint density at radius 3 is 2.49 bits per heavy atom. The van der Waals surface area contributed by atoms with Crippen LogP contribution >= 0.6 is 11.8 Å². The molecule has 39 heavy (non-hydrogen) atoms. The summed E-state index contributed by atoms with van der Waals surface area (Å²) in [5.41, 5.74) is 4.43. The van der Waals surface area contributed by atoms with Gasteiger partial charge in [0, 0.05) is 5.56 Å². The summed E-state index contributed by atoms with van der Waals surface area (Å²) in [6, 6.07) is 23.0. The topological polar surface area (TPSA) is 97.3 Å². The second-order valence-electron chi connectivity index (χ2n) is 8.98. The Bertz CT molecular complexity index is 1560. The molecule has 1 saturated heterocycles. The number of amides is 1. The smallest absolute Gasteiger partial charge is 0.252 e. The Morgan fingerprint density at radius 1 is 1.05 bits per heavy atom. The van der Waals surface area contributed by atoms with Gasteiger partial charge in [0.15, 0.2) is 11.0 Å². The number of amidine groups is 1. The lowest BCUT2D eigenvalue weighted by Gasteiger charge is -2.20. The number of anilines is 1. The van der Waals surface area contributed by atoms with Crippen molar-refractivity contribution >= 4 is 47.4 Å². The molecule has 3 aromatic carbocycles. The second kappa shape index (κ2) is 11.4. The molecule has 1 aliphatic rings. The van der Waals surface area contributed by atoms with Crippen LogP contribution in [0, 0.1) is 0 Å². The maximum absolute atomic E-state index is 12.7. The summed E-state index contributed by atoms with van der Waals surface area (Å²) in [6.45, 7) is 7.85. The number of hydrogen-bond acceptors (Lipinski definition) is 8. The van der Waals surface area contributed by atoms with Crippen molar-refractivity contribution in [2.45, 2.75) is 19.8 Å². The number of thioether (sulfide) groups is 1. The largest absolute Gasteiger partial charge is 0.497 e. The quantitative estimate of drug-likeness (QED) is 0.207. The lowest BCUT2D eigenvalue weighted by atomic mass is 10.0. The SMILES string of the molecule is C=Nc1nc(-c2ccc(C=NN=C3SCC(=O)N3c3ccccc3C(C)C)cc2)nn1-c1ccc(OC)cc1. The fourth-order valence-corrected chi connectivity index (χ4v) is 4.96. The summed E-state index contributed by atoms with van der Waals surface area (Å²) in [7, 11) is 1.62. The number of nitrogens with zero attached hydrogens (tertiary/aromatic N) is 7. The van der Waals surface area contributed by atoms with Crippen molar-refractivity contribution in [3.05, 3.63) is 83.9 Å². The van der Waals surface area contributed by atoms with E-state index < -0.39 is 0 Å². The molecule has 9 nitrogen and oxygen atoms in total. The Hall–Kier alpha value is -4.57. The minimum absolute atomic E-state index is 0.00126. The highest BCUT2D eigenvalue weighted by molar-refractivity contribution is 8.15. The van der Waals surface area contributed by atoms with Crippen LogP contribution in [0.5, 0.6) is 5.75 Å². The fourth-order valence-electron chi connectivity index (χ4n) is 4.14. The third-order valence-corrected chi connectivity index (χ3v) is 7.05. The number of benzene rings is 3. The van der Waals surface area contributed by atoms with E-state index in [1.807, 2.05) is 72.8 Å². The molecule has 196 valence electrons. The van der Waals surface area contributed by atoms with E-state index in [-0.39, 0.29) is 11.8 Å². The van der Waals surface area contributed by atoms with Crippen LogP contribution < -0.4 is 9.64 Å². The molecule has 1 aromatic heterocycles. The van der Waals surface area contributed by atoms with E-state index >= 15 is 0 Å². The van der Waals surface area contributed by atoms with Crippen LogP contribution in [0.1, 0.15) is 30.9 Å². The molecule has 0 saturated carbocycles. The number of para-hydroxylation sites is 1. The molecule has 1 fully saturated rings. The minimum atomic E-state index is 0.00126. The number of methoxy groups -OCH3 is 1. The number of aromatic nitrogens is 3. The average molecular weight is 538 g/mol. The van der Waals surface area contributed by atoms with E-state index in [4.69, 9.17) is 4.74 Å². The summed E-state index contributed by atoms with van der Waals surface area (Å²) in [4.78, 5) is 22.9. The van der Waals surface area contributed by atoms with Gasteiger partial charge in [0.25, 0.3) is 5.95 Å². The lowest BCUT2D eigenvalue weighted by Crippen LogP contribution is -2.30. The molecule has 2 heterocycles. The van der Waals surface area contributed by atoms with Crippen molar-refractivity contribution in [1.29, 1.82) is 0 Å². The Kier molecular flexibility index (Phi) is 7.64. The van der Waals surface area contributed by atoms with Gasteiger partial charge in [-0.3, -0.25) is 9.69 Å². The van der Waals surface area contributed by atoms with Crippen LogP contribution in [-0.4, -0.2) is 51.6 Å². The van der Waals surface area contributed by atoms with Gasteiger partial charge < -0.3 is 4.74 Å². The van der Waals surface area contributed by atoms with E-state index in [2.05, 4.69) is 45.8 Å². The van der Waals surface area contributed by atoms with Gasteiger partial charge in [-0.1, -0.05) is 68.1 Å². The highest BCUT2D eigenvalue weighted by atomic mass is 32.2. The molecule has 0 atom stereocenters. The van der Waals surface area contributed by atoms with Crippen molar-refractivity contribution in [3.8, 4) is 22.8 Å². The van der Waals surface area contributed by atoms with Crippen molar-refractivity contribution in [1.82, 2.24) is 14.8 Å². The van der Waals surface area contributed by atoms with E-state index in [1.165, 1.54) is 11.8 Å². The van der Waals surface area contributed by atoms with Crippen LogP contribution in [-0.2, 0) is 4.79 Å². The third-order valence-electron chi connectivity index (χ3n) is 6.13. The first kappa shape index (κ1) is 26.1. The molecule has 0 bridgehead atoms. The predicted molar refractivity (Wildman–Crippen MR) is 158 cm³/mol. The number of rotatable bonds is 8. The predicted octanol–water partition coefficient (Wildman–Crippen LogP) is 5.87. The lowest BCUT2D eigenvalue weighted by molar-refractivity contribution is -0.115. The summed E-state index contributed by atoms with van der Waals surface area (Å²) in [6.07, 6.45) is 1.66. The molecule has 0 spiro atoms. The van der Waals surface area contributed by atoms with Gasteiger partial charge in [-0.2, -0.15) is 14.8 Å². The maximum atomic E-state index is 12.7. The minimum Gasteiger partial charge on any atom is -0.497 e. The molecule has 1 amide bonds. The highest BCUT2D eigenvalue weighted by Gasteiger charge is 2.31. The number of carbonyl (C=O) groups is 1. The molecule has 0 radical (unpaired) electrons. The van der Waals surface area contributed by atoms with Gasteiger partial charge in [-0.25, -0.2) is 4.99 Å². The first-order valence-electron chi connectivity index (χ1n) is 12.3. The van der Waals surface area contributed by atoms with Gasteiger partial charge in [0.2, 0.25) is 5.91 Å². The van der Waals surface area contributed by atoms with E-state index in [9.17, 15) is 4.79 Å². The molecule has 0 unspecified atom stereocenters. The number of carbonyl (C=O) groups excluding carboxylic acids is 1. The Morgan fingerprint density at radius 2 is 1.79 bits per heavy atom. The molecule has 5 rings (SSSR count). The van der Waals surface area contributed by atoms with Crippen LogP contribution in [0.2, 0.25) is 0 Å². The zero-order valence-electron chi connectivity index (χ0n) is 21.9. The van der Waals surface area contributed by atoms with Crippen LogP contribution in [0.25, 0.3) is 17.1 Å². The molecule has 10 heteroatoms. The first-order valence-corrected chi connectivity index (χ1v) is 13.3. The molecular weight excluding hydrogens is 510 g/mol. The van der Waals surface area contributed by atoms with Gasteiger partial charge in [-0.05, 0) is 54.1 Å². The molecule has 0 aliphatic carbocycles. The van der Waals surface area contributed by atoms with Crippen molar-refractivity contribution < 1.29 is 9.53 Å². The van der Waals surface area contributed by atoms with E-state index in [0.717, 1.165) is 33.8 Å². The maximum Gasteiger partial charge on any atom is 0.252 e. The van der Waals surface area contributed by atoms with Gasteiger partial charge in [0.05, 0.1) is 30.5 Å². The van der Waals surface area contributed by atoms with Gasteiger partial charge in [0.1, 0.15) is 5.75 Å². The van der Waals surface area contributed by atoms with E-state index in [0.29, 0.717) is 22.7 Å². The third kappa shape index (κ3) is 5.51. The summed E-state index contributed by atoms with van der Waals surface area (Å²) in [5, 5.41) is 13.8. The van der Waals surface area contributed by atoms with Crippen molar-refractivity contribution in [3.63, 3.8) is 0 Å². The molecular formula is C29H27N7O2S. The van der Waals surface area contributed by atoms with Crippen LogP contribution in [0.4, 0.5) is 11.6 Å². The first-order chi connectivity index (χ1) is 19.0. The average Bonchev–Trinajstić information content (AvgIpc) is 3.57. The molecule has 0 N–H and O–H groups in total. The zero-order chi connectivity index (χ0) is 27.4. The standard InChI is InChI=1S/C29H27N7O2S/c1-19(2)24-7-5-6-8-25(24)35-26(37)18-39-29(35)33-31-17-20-9-11-21(12-10-20)27-32-28(30-3)36(34-27)22-13-15-23(38-4)16-14-22/h5-17,19H,3,18H2,1-2,4H3.